The third-order valence-corrected chi connectivity index (χ3v) is 3.64. The number of halogens is 1. The Bertz CT molecular complexity index is 905. The molecule has 0 aliphatic rings. The average Bonchev–Trinajstić information content (AvgIpc) is 2.98. The van der Waals surface area contributed by atoms with Gasteiger partial charge >= 0.3 is 5.97 Å². The van der Waals surface area contributed by atoms with E-state index in [-0.39, 0.29) is 12.6 Å². The van der Waals surface area contributed by atoms with Crippen molar-refractivity contribution in [1.82, 2.24) is 19.6 Å². The molecule has 25 heavy (non-hydrogen) atoms. The first-order valence-electron chi connectivity index (χ1n) is 7.95. The first-order valence-corrected chi connectivity index (χ1v) is 8.32. The van der Waals surface area contributed by atoms with Crippen LogP contribution in [0, 0.1) is 0 Å². The second-order valence-corrected chi connectivity index (χ2v) is 6.13. The number of carbonyl (C=O) groups is 1. The molecule has 3 rings (SSSR count). The van der Waals surface area contributed by atoms with E-state index in [0.29, 0.717) is 28.0 Å². The quantitative estimate of drug-likeness (QED) is 0.703. The zero-order valence-corrected chi connectivity index (χ0v) is 14.9. The fourth-order valence-electron chi connectivity index (χ4n) is 2.34. The van der Waals surface area contributed by atoms with Gasteiger partial charge in [-0.25, -0.2) is 4.79 Å². The van der Waals surface area contributed by atoms with Crippen molar-refractivity contribution >= 4 is 29.2 Å². The lowest BCUT2D eigenvalue weighted by Gasteiger charge is -2.11. The number of esters is 1. The summed E-state index contributed by atoms with van der Waals surface area (Å²) in [6, 6.07) is 7.37. The summed E-state index contributed by atoms with van der Waals surface area (Å²) in [5.74, 6) is 0.507. The van der Waals surface area contributed by atoms with Gasteiger partial charge < -0.3 is 10.1 Å². The summed E-state index contributed by atoms with van der Waals surface area (Å²) in [5.41, 5.74) is 1.50. The predicted octanol–water partition coefficient (Wildman–Crippen LogP) is 3.44. The fourth-order valence-corrected chi connectivity index (χ4v) is 2.46. The molecule has 0 amide bonds. The van der Waals surface area contributed by atoms with Gasteiger partial charge in [0.15, 0.2) is 11.5 Å². The highest BCUT2D eigenvalue weighted by molar-refractivity contribution is 6.30. The molecule has 7 nitrogen and oxygen atoms in total. The van der Waals surface area contributed by atoms with Gasteiger partial charge in [-0.05, 0) is 45.0 Å². The molecule has 0 atom stereocenters. The summed E-state index contributed by atoms with van der Waals surface area (Å²) >= 11 is 5.97. The van der Waals surface area contributed by atoms with E-state index in [1.54, 1.807) is 19.1 Å². The first kappa shape index (κ1) is 17.2. The van der Waals surface area contributed by atoms with Crippen LogP contribution < -0.4 is 5.32 Å². The first-order chi connectivity index (χ1) is 12.0. The summed E-state index contributed by atoms with van der Waals surface area (Å²) in [4.78, 5) is 21.1. The molecule has 130 valence electrons. The Kier molecular flexibility index (Phi) is 4.85. The minimum Gasteiger partial charge on any atom is -0.462 e. The summed E-state index contributed by atoms with van der Waals surface area (Å²) in [6.07, 6.45) is 1.45. The van der Waals surface area contributed by atoms with Gasteiger partial charge in [0, 0.05) is 16.6 Å². The van der Waals surface area contributed by atoms with Gasteiger partial charge in [-0.3, -0.25) is 0 Å². The van der Waals surface area contributed by atoms with Crippen LogP contribution in [0.25, 0.3) is 17.0 Å². The summed E-state index contributed by atoms with van der Waals surface area (Å²) in [6.45, 7) is 6.00. The van der Waals surface area contributed by atoms with Gasteiger partial charge in [0.25, 0.3) is 0 Å². The van der Waals surface area contributed by atoms with Crippen molar-refractivity contribution in [2.45, 2.75) is 26.8 Å². The lowest BCUT2D eigenvalue weighted by Crippen LogP contribution is -2.15. The highest BCUT2D eigenvalue weighted by atomic mass is 35.5. The Labute approximate surface area is 150 Å². The number of fused-ring (bicyclic) bond motifs is 1. The highest BCUT2D eigenvalue weighted by Crippen LogP contribution is 2.23. The van der Waals surface area contributed by atoms with Crippen LogP contribution in [-0.4, -0.2) is 38.2 Å². The lowest BCUT2D eigenvalue weighted by atomic mass is 10.2. The molecule has 1 aromatic carbocycles. The summed E-state index contributed by atoms with van der Waals surface area (Å²) in [7, 11) is 0. The van der Waals surface area contributed by atoms with Gasteiger partial charge in [0.05, 0.1) is 12.8 Å². The highest BCUT2D eigenvalue weighted by Gasteiger charge is 2.20. The van der Waals surface area contributed by atoms with Crippen LogP contribution in [0.3, 0.4) is 0 Å². The third kappa shape index (κ3) is 3.56. The molecular formula is C17H18ClN5O2. The number of benzene rings is 1. The van der Waals surface area contributed by atoms with E-state index < -0.39 is 5.97 Å². The molecule has 2 heterocycles. The standard InChI is InChI=1S/C17H18ClN5O2/c1-4-25-16(24)13-9-19-23-14(11-5-7-12(18)8-6-11)21-17(20-10(2)3)22-15(13)23/h5-10H,4H2,1-3H3,(H,20,22). The molecule has 0 spiro atoms. The van der Waals surface area contributed by atoms with Crippen LogP contribution in [0.4, 0.5) is 5.95 Å². The smallest absolute Gasteiger partial charge is 0.343 e. The molecule has 0 saturated heterocycles. The van der Waals surface area contributed by atoms with Crippen molar-refractivity contribution in [1.29, 1.82) is 0 Å². The zero-order chi connectivity index (χ0) is 18.0. The maximum absolute atomic E-state index is 12.2. The van der Waals surface area contributed by atoms with Crippen LogP contribution in [0.15, 0.2) is 30.5 Å². The third-order valence-electron chi connectivity index (χ3n) is 3.38. The van der Waals surface area contributed by atoms with Crippen LogP contribution in [0.5, 0.6) is 0 Å². The van der Waals surface area contributed by atoms with Gasteiger partial charge in [0.1, 0.15) is 5.56 Å². The molecule has 0 radical (unpaired) electrons. The van der Waals surface area contributed by atoms with E-state index in [0.717, 1.165) is 5.56 Å². The molecule has 3 aromatic rings. The minimum atomic E-state index is -0.464. The lowest BCUT2D eigenvalue weighted by molar-refractivity contribution is 0.0528. The van der Waals surface area contributed by atoms with Crippen molar-refractivity contribution in [2.75, 3.05) is 11.9 Å². The Hall–Kier alpha value is -2.67. The Morgan fingerprint density at radius 1 is 1.28 bits per heavy atom. The predicted molar refractivity (Wildman–Crippen MR) is 95.9 cm³/mol. The molecule has 0 saturated carbocycles. The number of ether oxygens (including phenoxy) is 1. The molecule has 1 N–H and O–H groups in total. The molecule has 2 aromatic heterocycles. The monoisotopic (exact) mass is 359 g/mol. The van der Waals surface area contributed by atoms with Crippen molar-refractivity contribution in [3.05, 3.63) is 41.0 Å². The topological polar surface area (TPSA) is 81.4 Å². The summed E-state index contributed by atoms with van der Waals surface area (Å²) in [5, 5.41) is 8.06. The van der Waals surface area contributed by atoms with Crippen LogP contribution in [0.2, 0.25) is 5.02 Å². The summed E-state index contributed by atoms with van der Waals surface area (Å²) < 4.78 is 6.61. The number of rotatable bonds is 5. The van der Waals surface area contributed by atoms with Gasteiger partial charge in [-0.2, -0.15) is 19.6 Å². The molecule has 0 unspecified atom stereocenters. The van der Waals surface area contributed by atoms with Crippen LogP contribution in [0.1, 0.15) is 31.1 Å². The van der Waals surface area contributed by atoms with Crippen LogP contribution >= 0.6 is 11.6 Å². The van der Waals surface area contributed by atoms with Gasteiger partial charge in [-0.15, -0.1) is 0 Å². The molecule has 8 heteroatoms. The van der Waals surface area contributed by atoms with E-state index in [2.05, 4.69) is 20.4 Å². The fraction of sp³-hybridized carbons (Fsp3) is 0.294. The van der Waals surface area contributed by atoms with Gasteiger partial charge in [-0.1, -0.05) is 11.6 Å². The number of carbonyl (C=O) groups excluding carboxylic acids is 1. The molecule has 0 aliphatic heterocycles. The maximum atomic E-state index is 12.2. The Morgan fingerprint density at radius 3 is 2.64 bits per heavy atom. The minimum absolute atomic E-state index is 0.134. The van der Waals surface area contributed by atoms with E-state index in [1.807, 2.05) is 26.0 Å². The number of nitrogens with one attached hydrogen (secondary N) is 1. The Morgan fingerprint density at radius 2 is 2.00 bits per heavy atom. The van der Waals surface area contributed by atoms with E-state index in [4.69, 9.17) is 16.3 Å². The number of hydrogen-bond donors (Lipinski definition) is 1. The molecule has 0 bridgehead atoms. The number of aromatic nitrogens is 4. The molecule has 0 aliphatic carbocycles. The van der Waals surface area contributed by atoms with E-state index in [9.17, 15) is 4.79 Å². The molecule has 0 fully saturated rings. The SMILES string of the molecule is CCOC(=O)c1cnn2c(-c3ccc(Cl)cc3)nc(NC(C)C)nc12. The van der Waals surface area contributed by atoms with Gasteiger partial charge in [0.2, 0.25) is 5.95 Å². The van der Waals surface area contributed by atoms with Crippen molar-refractivity contribution in [3.63, 3.8) is 0 Å². The van der Waals surface area contributed by atoms with Crippen molar-refractivity contribution in [3.8, 4) is 11.4 Å². The van der Waals surface area contributed by atoms with Crippen molar-refractivity contribution < 1.29 is 9.53 Å². The average molecular weight is 360 g/mol. The number of anilines is 1. The van der Waals surface area contributed by atoms with Crippen LogP contribution in [-0.2, 0) is 4.74 Å². The number of hydrogen-bond acceptors (Lipinski definition) is 6. The van der Waals surface area contributed by atoms with E-state index >= 15 is 0 Å². The second kappa shape index (κ2) is 7.06. The number of nitrogens with zero attached hydrogens (tertiary/aromatic N) is 4. The largest absolute Gasteiger partial charge is 0.462 e. The second-order valence-electron chi connectivity index (χ2n) is 5.69. The molecular weight excluding hydrogens is 342 g/mol. The Balaban J connectivity index is 2.20. The normalized spacial score (nSPS) is 11.1. The zero-order valence-electron chi connectivity index (χ0n) is 14.2. The van der Waals surface area contributed by atoms with E-state index in [1.165, 1.54) is 10.7 Å². The maximum Gasteiger partial charge on any atom is 0.343 e. The van der Waals surface area contributed by atoms with Crippen molar-refractivity contribution in [2.24, 2.45) is 0 Å².